The smallest absolute Gasteiger partial charge is 0.118 e. The van der Waals surface area contributed by atoms with Crippen molar-refractivity contribution in [2.24, 2.45) is 0 Å². The zero-order valence-electron chi connectivity index (χ0n) is 10.4. The van der Waals surface area contributed by atoms with Gasteiger partial charge in [0.15, 0.2) is 0 Å². The van der Waals surface area contributed by atoms with Crippen LogP contribution in [0.1, 0.15) is 30.9 Å². The molecule has 88 valence electrons. The maximum Gasteiger partial charge on any atom is 0.118 e. The highest BCUT2D eigenvalue weighted by molar-refractivity contribution is 5.57. The van der Waals surface area contributed by atoms with Crippen molar-refractivity contribution >= 4 is 5.69 Å². The molecule has 0 spiro atoms. The number of phenols is 1. The molecule has 1 atom stereocenters. The van der Waals surface area contributed by atoms with Crippen LogP contribution in [0, 0.1) is 13.8 Å². The minimum Gasteiger partial charge on any atom is -0.508 e. The van der Waals surface area contributed by atoms with Gasteiger partial charge in [-0.25, -0.2) is 0 Å². The minimum atomic E-state index is 0.363. The normalized spacial score (nSPS) is 12.2. The zero-order valence-corrected chi connectivity index (χ0v) is 10.4. The summed E-state index contributed by atoms with van der Waals surface area (Å²) in [7, 11) is 0. The first kappa shape index (κ1) is 12.6. The molecule has 16 heavy (non-hydrogen) atoms. The van der Waals surface area contributed by atoms with E-state index in [1.54, 1.807) is 6.07 Å². The van der Waals surface area contributed by atoms with Crippen LogP contribution in [-0.4, -0.2) is 11.1 Å². The Morgan fingerprint density at radius 1 is 1.38 bits per heavy atom. The largest absolute Gasteiger partial charge is 0.508 e. The molecule has 0 aliphatic carbocycles. The number of nitrogens with one attached hydrogen (secondary N) is 1. The highest BCUT2D eigenvalue weighted by atomic mass is 16.3. The fraction of sp³-hybridized carbons (Fsp3) is 0.429. The van der Waals surface area contributed by atoms with Crippen LogP contribution >= 0.6 is 0 Å². The van der Waals surface area contributed by atoms with E-state index in [0.29, 0.717) is 11.8 Å². The van der Waals surface area contributed by atoms with Crippen molar-refractivity contribution in [3.8, 4) is 5.75 Å². The lowest BCUT2D eigenvalue weighted by molar-refractivity contribution is 0.470. The number of anilines is 1. The number of hydrogen-bond donors (Lipinski definition) is 2. The molecule has 0 saturated heterocycles. The van der Waals surface area contributed by atoms with Gasteiger partial charge in [0.2, 0.25) is 0 Å². The van der Waals surface area contributed by atoms with E-state index in [1.807, 2.05) is 26.0 Å². The Kier molecular flexibility index (Phi) is 4.41. The lowest BCUT2D eigenvalue weighted by Gasteiger charge is -2.17. The molecule has 0 bridgehead atoms. The van der Waals surface area contributed by atoms with Gasteiger partial charge in [-0.1, -0.05) is 6.08 Å². The van der Waals surface area contributed by atoms with Gasteiger partial charge >= 0.3 is 0 Å². The van der Waals surface area contributed by atoms with Crippen molar-refractivity contribution in [3.05, 3.63) is 35.9 Å². The van der Waals surface area contributed by atoms with E-state index in [4.69, 9.17) is 0 Å². The third-order valence-electron chi connectivity index (χ3n) is 2.75. The van der Waals surface area contributed by atoms with E-state index in [9.17, 15) is 5.11 Å². The Hall–Kier alpha value is -1.44. The van der Waals surface area contributed by atoms with Crippen LogP contribution in [0.5, 0.6) is 5.75 Å². The van der Waals surface area contributed by atoms with Gasteiger partial charge in [0, 0.05) is 11.7 Å². The number of allylic oxidation sites excluding steroid dienone is 1. The topological polar surface area (TPSA) is 32.3 Å². The summed E-state index contributed by atoms with van der Waals surface area (Å²) in [5.74, 6) is 0.363. The average molecular weight is 219 g/mol. The third kappa shape index (κ3) is 3.30. The number of phenolic OH excluding ortho intramolecular Hbond substituents is 1. The van der Waals surface area contributed by atoms with Crippen molar-refractivity contribution < 1.29 is 5.11 Å². The number of hydrogen-bond acceptors (Lipinski definition) is 2. The molecule has 0 radical (unpaired) electrons. The SMILES string of the molecule is C=CCCC(C)Nc1cc(C)c(O)cc1C. The predicted molar refractivity (Wildman–Crippen MR) is 70.1 cm³/mol. The lowest BCUT2D eigenvalue weighted by Crippen LogP contribution is -2.15. The second kappa shape index (κ2) is 5.59. The summed E-state index contributed by atoms with van der Waals surface area (Å²) >= 11 is 0. The van der Waals surface area contributed by atoms with Gasteiger partial charge in [0.05, 0.1) is 0 Å². The first-order valence-corrected chi connectivity index (χ1v) is 5.72. The number of rotatable bonds is 5. The Morgan fingerprint density at radius 2 is 2.06 bits per heavy atom. The fourth-order valence-electron chi connectivity index (χ4n) is 1.66. The van der Waals surface area contributed by atoms with E-state index < -0.39 is 0 Å². The van der Waals surface area contributed by atoms with Crippen molar-refractivity contribution in [2.45, 2.75) is 39.7 Å². The molecular weight excluding hydrogens is 198 g/mol. The second-order valence-electron chi connectivity index (χ2n) is 4.37. The predicted octanol–water partition coefficient (Wildman–Crippen LogP) is 3.78. The molecule has 1 unspecified atom stereocenters. The molecule has 1 aromatic carbocycles. The Morgan fingerprint density at radius 3 is 2.69 bits per heavy atom. The summed E-state index contributed by atoms with van der Waals surface area (Å²) in [6.45, 7) is 9.79. The molecule has 2 nitrogen and oxygen atoms in total. The zero-order chi connectivity index (χ0) is 12.1. The number of aryl methyl sites for hydroxylation is 2. The van der Waals surface area contributed by atoms with Gasteiger partial charge in [-0.2, -0.15) is 0 Å². The van der Waals surface area contributed by atoms with E-state index in [2.05, 4.69) is 18.8 Å². The van der Waals surface area contributed by atoms with Crippen LogP contribution in [0.2, 0.25) is 0 Å². The van der Waals surface area contributed by atoms with Gasteiger partial charge in [-0.15, -0.1) is 6.58 Å². The molecule has 0 aliphatic rings. The summed E-state index contributed by atoms with van der Waals surface area (Å²) in [6, 6.07) is 4.22. The summed E-state index contributed by atoms with van der Waals surface area (Å²) in [5, 5.41) is 13.0. The van der Waals surface area contributed by atoms with Crippen molar-refractivity contribution in [2.75, 3.05) is 5.32 Å². The van der Waals surface area contributed by atoms with Gasteiger partial charge in [-0.05, 0) is 56.9 Å². The van der Waals surface area contributed by atoms with E-state index in [1.165, 1.54) is 0 Å². The van der Waals surface area contributed by atoms with E-state index in [0.717, 1.165) is 29.7 Å². The van der Waals surface area contributed by atoms with Crippen LogP contribution in [0.4, 0.5) is 5.69 Å². The molecule has 2 N–H and O–H groups in total. The van der Waals surface area contributed by atoms with Gasteiger partial charge in [0.1, 0.15) is 5.75 Å². The maximum absolute atomic E-state index is 9.56. The van der Waals surface area contributed by atoms with Crippen LogP contribution in [0.3, 0.4) is 0 Å². The number of aromatic hydroxyl groups is 1. The van der Waals surface area contributed by atoms with Crippen molar-refractivity contribution in [3.63, 3.8) is 0 Å². The van der Waals surface area contributed by atoms with Crippen LogP contribution in [0.25, 0.3) is 0 Å². The van der Waals surface area contributed by atoms with Crippen LogP contribution < -0.4 is 5.32 Å². The van der Waals surface area contributed by atoms with Crippen LogP contribution in [-0.2, 0) is 0 Å². The summed E-state index contributed by atoms with van der Waals surface area (Å²) in [5.41, 5.74) is 3.09. The molecule has 1 aromatic rings. The molecule has 0 saturated carbocycles. The molecular formula is C14H21NO. The summed E-state index contributed by atoms with van der Waals surface area (Å²) in [6.07, 6.45) is 4.03. The van der Waals surface area contributed by atoms with Gasteiger partial charge in [-0.3, -0.25) is 0 Å². The Bertz CT molecular complexity index is 371. The van der Waals surface area contributed by atoms with E-state index >= 15 is 0 Å². The minimum absolute atomic E-state index is 0.363. The molecule has 0 aromatic heterocycles. The highest BCUT2D eigenvalue weighted by Crippen LogP contribution is 2.25. The monoisotopic (exact) mass is 219 g/mol. The summed E-state index contributed by atoms with van der Waals surface area (Å²) in [4.78, 5) is 0. The molecule has 0 fully saturated rings. The Labute approximate surface area is 98.0 Å². The molecule has 0 heterocycles. The highest BCUT2D eigenvalue weighted by Gasteiger charge is 2.06. The molecule has 2 heteroatoms. The summed E-state index contributed by atoms with van der Waals surface area (Å²) < 4.78 is 0. The molecule has 0 amide bonds. The van der Waals surface area contributed by atoms with Crippen molar-refractivity contribution in [1.82, 2.24) is 0 Å². The molecule has 0 aliphatic heterocycles. The first-order valence-electron chi connectivity index (χ1n) is 5.72. The van der Waals surface area contributed by atoms with Crippen LogP contribution in [0.15, 0.2) is 24.8 Å². The van der Waals surface area contributed by atoms with E-state index in [-0.39, 0.29) is 0 Å². The maximum atomic E-state index is 9.56. The molecule has 1 rings (SSSR count). The Balaban J connectivity index is 2.73. The fourth-order valence-corrected chi connectivity index (χ4v) is 1.66. The number of benzene rings is 1. The standard InChI is InChI=1S/C14H21NO/c1-5-6-7-12(4)15-13-8-11(3)14(16)9-10(13)2/h5,8-9,12,15-16H,1,6-7H2,2-4H3. The quantitative estimate of drug-likeness (QED) is 0.583. The second-order valence-corrected chi connectivity index (χ2v) is 4.37. The van der Waals surface area contributed by atoms with Crippen molar-refractivity contribution in [1.29, 1.82) is 0 Å². The third-order valence-corrected chi connectivity index (χ3v) is 2.75. The first-order chi connectivity index (χ1) is 7.54. The van der Waals surface area contributed by atoms with Gasteiger partial charge < -0.3 is 10.4 Å². The van der Waals surface area contributed by atoms with Gasteiger partial charge in [0.25, 0.3) is 0 Å². The average Bonchev–Trinajstić information content (AvgIpc) is 2.23. The lowest BCUT2D eigenvalue weighted by atomic mass is 10.1.